The Morgan fingerprint density at radius 2 is 2.00 bits per heavy atom. The number of imidazole rings is 1. The number of hydrazone groups is 1. The number of hydrogen-bond donors (Lipinski definition) is 3. The van der Waals surface area contributed by atoms with Crippen molar-refractivity contribution in [3.8, 4) is 5.75 Å². The molecule has 0 saturated carbocycles. The lowest BCUT2D eigenvalue weighted by atomic mass is 10.2. The van der Waals surface area contributed by atoms with Crippen LogP contribution in [0.25, 0.3) is 11.2 Å². The number of nitrogens with one attached hydrogen (secondary N) is 2. The van der Waals surface area contributed by atoms with Gasteiger partial charge in [-0.1, -0.05) is 0 Å². The topological polar surface area (TPSA) is 136 Å². The van der Waals surface area contributed by atoms with Gasteiger partial charge in [-0.3, -0.25) is 14.3 Å². The van der Waals surface area contributed by atoms with Crippen molar-refractivity contribution in [2.75, 3.05) is 19.1 Å². The molecule has 1 atom stereocenters. The monoisotopic (exact) mass is 430 g/mol. The van der Waals surface area contributed by atoms with Crippen LogP contribution in [-0.4, -0.2) is 56.3 Å². The molecule has 0 radical (unpaired) electrons. The normalized spacial score (nSPS) is 12.7. The molecule has 11 heteroatoms. The van der Waals surface area contributed by atoms with Crippen LogP contribution in [0.5, 0.6) is 5.75 Å². The van der Waals surface area contributed by atoms with Crippen molar-refractivity contribution in [2.45, 2.75) is 32.6 Å². The van der Waals surface area contributed by atoms with Gasteiger partial charge in [0.2, 0.25) is 5.95 Å². The van der Waals surface area contributed by atoms with Crippen molar-refractivity contribution in [3.05, 3.63) is 50.7 Å². The minimum absolute atomic E-state index is 0.0187. The van der Waals surface area contributed by atoms with Crippen LogP contribution in [0.15, 0.2) is 39.0 Å². The summed E-state index contributed by atoms with van der Waals surface area (Å²) in [4.78, 5) is 31.0. The number of benzene rings is 1. The first-order valence-corrected chi connectivity index (χ1v) is 9.72. The predicted octanol–water partition coefficient (Wildman–Crippen LogP) is 0.664. The van der Waals surface area contributed by atoms with E-state index in [1.54, 1.807) is 25.5 Å². The molecule has 31 heavy (non-hydrogen) atoms. The van der Waals surface area contributed by atoms with E-state index in [1.165, 1.54) is 16.2 Å². The van der Waals surface area contributed by atoms with Gasteiger partial charge in [0, 0.05) is 7.05 Å². The number of aryl methyl sites for hydroxylation is 1. The van der Waals surface area contributed by atoms with Crippen LogP contribution in [0.2, 0.25) is 0 Å². The highest BCUT2D eigenvalue weighted by atomic mass is 16.5. The minimum atomic E-state index is -0.900. The van der Waals surface area contributed by atoms with Crippen LogP contribution in [-0.2, 0) is 18.3 Å². The van der Waals surface area contributed by atoms with Gasteiger partial charge < -0.3 is 19.1 Å². The van der Waals surface area contributed by atoms with Crippen LogP contribution in [0, 0.1) is 0 Å². The first kappa shape index (κ1) is 22.2. The van der Waals surface area contributed by atoms with E-state index in [1.807, 2.05) is 26.0 Å². The van der Waals surface area contributed by atoms with Crippen LogP contribution >= 0.6 is 0 Å². The van der Waals surface area contributed by atoms with Gasteiger partial charge in [0.05, 0.1) is 38.7 Å². The van der Waals surface area contributed by atoms with Crippen molar-refractivity contribution in [1.29, 1.82) is 0 Å². The first-order valence-electron chi connectivity index (χ1n) is 9.72. The molecule has 11 nitrogen and oxygen atoms in total. The van der Waals surface area contributed by atoms with Gasteiger partial charge >= 0.3 is 5.69 Å². The predicted molar refractivity (Wildman–Crippen MR) is 117 cm³/mol. The zero-order valence-electron chi connectivity index (χ0n) is 17.8. The third-order valence-corrected chi connectivity index (χ3v) is 4.52. The van der Waals surface area contributed by atoms with E-state index in [9.17, 15) is 14.7 Å². The number of aromatic amines is 1. The van der Waals surface area contributed by atoms with Crippen molar-refractivity contribution >= 4 is 23.3 Å². The summed E-state index contributed by atoms with van der Waals surface area (Å²) in [5.41, 5.74) is 2.74. The number of aromatic nitrogens is 4. The van der Waals surface area contributed by atoms with E-state index in [0.29, 0.717) is 0 Å². The van der Waals surface area contributed by atoms with Gasteiger partial charge in [0.1, 0.15) is 5.75 Å². The third kappa shape index (κ3) is 5.19. The summed E-state index contributed by atoms with van der Waals surface area (Å²) in [6.07, 6.45) is 0.623. The molecule has 0 aliphatic carbocycles. The van der Waals surface area contributed by atoms with Crippen LogP contribution < -0.4 is 21.4 Å². The molecule has 1 aromatic carbocycles. The fraction of sp³-hybridized carbons (Fsp3) is 0.400. The number of rotatable bonds is 9. The maximum Gasteiger partial charge on any atom is 0.329 e. The van der Waals surface area contributed by atoms with E-state index >= 15 is 0 Å². The molecule has 0 aliphatic rings. The maximum atomic E-state index is 12.5. The summed E-state index contributed by atoms with van der Waals surface area (Å²) in [5.74, 6) is 0.930. The lowest BCUT2D eigenvalue weighted by Crippen LogP contribution is -2.30. The van der Waals surface area contributed by atoms with E-state index in [2.05, 4.69) is 20.5 Å². The molecule has 0 spiro atoms. The van der Waals surface area contributed by atoms with Gasteiger partial charge in [0.15, 0.2) is 11.2 Å². The SMILES string of the molecule is COc1ccc(/C=N/Nc2nc3c(c(=O)[nH]c(=O)n3C)n2C[C@H](O)COC(C)C)cc1. The molecule has 3 rings (SSSR count). The van der Waals surface area contributed by atoms with Crippen LogP contribution in [0.3, 0.4) is 0 Å². The number of H-pyrrole nitrogens is 1. The highest BCUT2D eigenvalue weighted by Gasteiger charge is 2.19. The Bertz CT molecular complexity index is 1180. The number of methoxy groups -OCH3 is 1. The molecular weight excluding hydrogens is 404 g/mol. The van der Waals surface area contributed by atoms with E-state index in [-0.39, 0.29) is 36.4 Å². The lowest BCUT2D eigenvalue weighted by Gasteiger charge is -2.15. The molecular formula is C20H26N6O5. The Morgan fingerprint density at radius 1 is 1.29 bits per heavy atom. The molecule has 3 N–H and O–H groups in total. The van der Waals surface area contributed by atoms with Crippen molar-refractivity contribution in [3.63, 3.8) is 0 Å². The molecule has 166 valence electrons. The number of aliphatic hydroxyl groups is 1. The fourth-order valence-corrected chi connectivity index (χ4v) is 2.92. The molecule has 0 bridgehead atoms. The Morgan fingerprint density at radius 3 is 2.65 bits per heavy atom. The molecule has 3 aromatic rings. The van der Waals surface area contributed by atoms with Gasteiger partial charge in [-0.05, 0) is 43.7 Å². The molecule has 0 fully saturated rings. The van der Waals surface area contributed by atoms with Gasteiger partial charge in [-0.25, -0.2) is 10.2 Å². The summed E-state index contributed by atoms with van der Waals surface area (Å²) < 4.78 is 13.3. The number of anilines is 1. The average Bonchev–Trinajstić information content (AvgIpc) is 3.10. The molecule has 0 amide bonds. The van der Waals surface area contributed by atoms with E-state index in [0.717, 1.165) is 11.3 Å². The number of aliphatic hydroxyl groups excluding tert-OH is 1. The number of fused-ring (bicyclic) bond motifs is 1. The smallest absolute Gasteiger partial charge is 0.329 e. The Balaban J connectivity index is 1.93. The standard InChI is InChI=1S/C20H26N6O5/c1-12(2)31-11-14(27)10-26-16-17(25(3)20(29)23-18(16)28)22-19(26)24-21-9-13-5-7-15(30-4)8-6-13/h5-9,12,14,27H,10-11H2,1-4H3,(H,22,24)(H,23,28,29)/b21-9+/t14-/m0/s1. The zero-order valence-corrected chi connectivity index (χ0v) is 17.8. The largest absolute Gasteiger partial charge is 0.497 e. The number of ether oxygens (including phenoxy) is 2. The van der Waals surface area contributed by atoms with E-state index in [4.69, 9.17) is 9.47 Å². The second kappa shape index (κ2) is 9.58. The Kier molecular flexibility index (Phi) is 6.88. The lowest BCUT2D eigenvalue weighted by molar-refractivity contribution is -0.000105. The highest BCUT2D eigenvalue weighted by Crippen LogP contribution is 2.16. The highest BCUT2D eigenvalue weighted by molar-refractivity contribution is 5.80. The molecule has 0 aliphatic heterocycles. The quantitative estimate of drug-likeness (QED) is 0.335. The van der Waals surface area contributed by atoms with Crippen molar-refractivity contribution < 1.29 is 14.6 Å². The second-order valence-corrected chi connectivity index (χ2v) is 7.22. The molecule has 0 unspecified atom stereocenters. The molecule has 2 heterocycles. The zero-order chi connectivity index (χ0) is 22.5. The third-order valence-electron chi connectivity index (χ3n) is 4.52. The van der Waals surface area contributed by atoms with Gasteiger partial charge in [-0.15, -0.1) is 0 Å². The van der Waals surface area contributed by atoms with Gasteiger partial charge in [0.25, 0.3) is 5.56 Å². The Labute approximate surface area is 178 Å². The van der Waals surface area contributed by atoms with Gasteiger partial charge in [-0.2, -0.15) is 10.1 Å². The van der Waals surface area contributed by atoms with Crippen LogP contribution in [0.1, 0.15) is 19.4 Å². The average molecular weight is 430 g/mol. The summed E-state index contributed by atoms with van der Waals surface area (Å²) in [6.45, 7) is 3.82. The Hall–Kier alpha value is -3.44. The first-order chi connectivity index (χ1) is 14.8. The summed E-state index contributed by atoms with van der Waals surface area (Å²) in [6, 6.07) is 7.26. The molecule has 2 aromatic heterocycles. The van der Waals surface area contributed by atoms with E-state index < -0.39 is 17.4 Å². The summed E-state index contributed by atoms with van der Waals surface area (Å²) in [5, 5.41) is 14.6. The summed E-state index contributed by atoms with van der Waals surface area (Å²) in [7, 11) is 3.09. The maximum absolute atomic E-state index is 12.5. The fourth-order valence-electron chi connectivity index (χ4n) is 2.92. The second-order valence-electron chi connectivity index (χ2n) is 7.22. The van der Waals surface area contributed by atoms with Crippen LogP contribution in [0.4, 0.5) is 5.95 Å². The van der Waals surface area contributed by atoms with Crippen molar-refractivity contribution in [1.82, 2.24) is 19.1 Å². The number of nitrogens with zero attached hydrogens (tertiary/aromatic N) is 4. The molecule has 0 saturated heterocycles. The number of hydrogen-bond acceptors (Lipinski definition) is 8. The summed E-state index contributed by atoms with van der Waals surface area (Å²) >= 11 is 0. The van der Waals surface area contributed by atoms with Crippen molar-refractivity contribution in [2.24, 2.45) is 12.1 Å². The minimum Gasteiger partial charge on any atom is -0.497 e.